The van der Waals surface area contributed by atoms with E-state index in [2.05, 4.69) is 55.5 Å². The first-order chi connectivity index (χ1) is 11.8. The number of carbonyl (C=O) groups is 1. The molecule has 2 N–H and O–H groups in total. The third-order valence-corrected chi connectivity index (χ3v) is 3.75. The van der Waals surface area contributed by atoms with Gasteiger partial charge in [-0.2, -0.15) is 0 Å². The van der Waals surface area contributed by atoms with Crippen molar-refractivity contribution in [3.8, 4) is 0 Å². The zero-order chi connectivity index (χ0) is 17.7. The van der Waals surface area contributed by atoms with E-state index in [1.54, 1.807) is 0 Å². The molecule has 0 unspecified atom stereocenters. The van der Waals surface area contributed by atoms with Crippen LogP contribution < -0.4 is 5.73 Å². The van der Waals surface area contributed by atoms with Crippen LogP contribution in [0.1, 0.15) is 84.0 Å². The number of nitrogens with two attached hydrogens (primary N) is 1. The molecule has 0 aromatic rings. The van der Waals surface area contributed by atoms with Gasteiger partial charge in [-0.25, -0.2) is 0 Å². The average molecular weight is 332 g/mol. The topological polar surface area (TPSA) is 43.1 Å². The Morgan fingerprint density at radius 2 is 1.12 bits per heavy atom. The molecule has 0 radical (unpaired) electrons. The van der Waals surface area contributed by atoms with Gasteiger partial charge < -0.3 is 5.73 Å². The van der Waals surface area contributed by atoms with Gasteiger partial charge in [0, 0.05) is 6.42 Å². The molecule has 0 aromatic carbocycles. The number of amides is 1. The van der Waals surface area contributed by atoms with Crippen molar-refractivity contribution in [2.75, 3.05) is 0 Å². The van der Waals surface area contributed by atoms with Crippen LogP contribution >= 0.6 is 0 Å². The summed E-state index contributed by atoms with van der Waals surface area (Å²) in [5.74, 6) is -0.187. The molecular formula is C22H37NO. The van der Waals surface area contributed by atoms with E-state index in [9.17, 15) is 4.79 Å². The van der Waals surface area contributed by atoms with E-state index < -0.39 is 0 Å². The summed E-state index contributed by atoms with van der Waals surface area (Å²) in [6.07, 6.45) is 30.9. The van der Waals surface area contributed by atoms with Crippen LogP contribution in [0.2, 0.25) is 0 Å². The molecule has 1 amide bonds. The van der Waals surface area contributed by atoms with Gasteiger partial charge in [0.25, 0.3) is 0 Å². The highest BCUT2D eigenvalue weighted by atomic mass is 16.1. The van der Waals surface area contributed by atoms with Crippen molar-refractivity contribution in [2.24, 2.45) is 5.73 Å². The molecule has 2 nitrogen and oxygen atoms in total. The molecule has 0 aliphatic rings. The smallest absolute Gasteiger partial charge is 0.217 e. The highest BCUT2D eigenvalue weighted by Crippen LogP contribution is 2.04. The van der Waals surface area contributed by atoms with E-state index in [0.29, 0.717) is 6.42 Å². The van der Waals surface area contributed by atoms with Crippen LogP contribution in [0, 0.1) is 0 Å². The Hall–Kier alpha value is -1.57. The van der Waals surface area contributed by atoms with Crippen LogP contribution in [-0.2, 0) is 4.79 Å². The molecule has 0 heterocycles. The van der Waals surface area contributed by atoms with E-state index >= 15 is 0 Å². The Kier molecular flexibility index (Phi) is 18.2. The Balaban J connectivity index is 3.37. The molecule has 0 rings (SSSR count). The fourth-order valence-electron chi connectivity index (χ4n) is 2.30. The molecule has 0 spiro atoms. The van der Waals surface area contributed by atoms with E-state index in [1.165, 1.54) is 25.7 Å². The highest BCUT2D eigenvalue weighted by Gasteiger charge is 1.92. The second kappa shape index (κ2) is 19.5. The highest BCUT2D eigenvalue weighted by molar-refractivity contribution is 5.73. The number of rotatable bonds is 16. The normalized spacial score (nSPS) is 12.4. The average Bonchev–Trinajstić information content (AvgIpc) is 2.56. The maximum atomic E-state index is 10.6. The molecule has 0 saturated carbocycles. The Morgan fingerprint density at radius 3 is 1.58 bits per heavy atom. The molecule has 0 aromatic heterocycles. The SMILES string of the molecule is CCCCC/C=C\C/C=C\C/C=C\C/C=C\CCCCCC(N)=O. The zero-order valence-electron chi connectivity index (χ0n) is 15.6. The summed E-state index contributed by atoms with van der Waals surface area (Å²) in [7, 11) is 0. The third-order valence-electron chi connectivity index (χ3n) is 3.75. The van der Waals surface area contributed by atoms with Gasteiger partial charge in [-0.3, -0.25) is 4.79 Å². The molecule has 0 aliphatic heterocycles. The largest absolute Gasteiger partial charge is 0.370 e. The third kappa shape index (κ3) is 20.4. The summed E-state index contributed by atoms with van der Waals surface area (Å²) in [4.78, 5) is 10.6. The standard InChI is InChI=1S/C22H37NO/c1-2-3-4-5-6-7-8-9-10-11-12-13-14-15-16-17-18-19-20-21-22(23)24/h6-7,9-10,12-13,15-16H,2-5,8,11,14,17-21H2,1H3,(H2,23,24)/b7-6-,10-9-,13-12-,16-15-. The summed E-state index contributed by atoms with van der Waals surface area (Å²) in [6, 6.07) is 0. The van der Waals surface area contributed by atoms with Crippen molar-refractivity contribution in [1.82, 2.24) is 0 Å². The van der Waals surface area contributed by atoms with Gasteiger partial charge in [0.15, 0.2) is 0 Å². The van der Waals surface area contributed by atoms with Crippen molar-refractivity contribution in [2.45, 2.75) is 84.0 Å². The van der Waals surface area contributed by atoms with Crippen molar-refractivity contribution in [3.63, 3.8) is 0 Å². The maximum Gasteiger partial charge on any atom is 0.217 e. The van der Waals surface area contributed by atoms with Crippen molar-refractivity contribution >= 4 is 5.91 Å². The van der Waals surface area contributed by atoms with Gasteiger partial charge in [-0.15, -0.1) is 0 Å². The van der Waals surface area contributed by atoms with E-state index in [0.717, 1.165) is 44.9 Å². The molecule has 0 atom stereocenters. The first-order valence-corrected chi connectivity index (χ1v) is 9.65. The maximum absolute atomic E-state index is 10.6. The van der Waals surface area contributed by atoms with E-state index in [1.807, 2.05) is 0 Å². The van der Waals surface area contributed by atoms with Gasteiger partial charge in [0.2, 0.25) is 5.91 Å². The second-order valence-corrected chi connectivity index (χ2v) is 6.15. The fraction of sp³-hybridized carbons (Fsp3) is 0.591. The number of unbranched alkanes of at least 4 members (excludes halogenated alkanes) is 6. The first kappa shape index (κ1) is 22.4. The molecule has 24 heavy (non-hydrogen) atoms. The van der Waals surface area contributed by atoms with E-state index in [4.69, 9.17) is 5.73 Å². The number of allylic oxidation sites excluding steroid dienone is 8. The number of carbonyl (C=O) groups excluding carboxylic acids is 1. The molecular weight excluding hydrogens is 294 g/mol. The summed E-state index contributed by atoms with van der Waals surface area (Å²) >= 11 is 0. The molecule has 0 saturated heterocycles. The lowest BCUT2D eigenvalue weighted by molar-refractivity contribution is -0.118. The zero-order valence-corrected chi connectivity index (χ0v) is 15.6. The van der Waals surface area contributed by atoms with Gasteiger partial charge in [0.1, 0.15) is 0 Å². The summed E-state index contributed by atoms with van der Waals surface area (Å²) in [5.41, 5.74) is 5.10. The Morgan fingerprint density at radius 1 is 0.667 bits per heavy atom. The predicted molar refractivity (Wildman–Crippen MR) is 107 cm³/mol. The summed E-state index contributed by atoms with van der Waals surface area (Å²) in [6.45, 7) is 2.24. The number of hydrogen-bond donors (Lipinski definition) is 1. The van der Waals surface area contributed by atoms with Crippen LogP contribution in [0.15, 0.2) is 48.6 Å². The van der Waals surface area contributed by atoms with Crippen LogP contribution in [0.25, 0.3) is 0 Å². The quantitative estimate of drug-likeness (QED) is 0.258. The van der Waals surface area contributed by atoms with Gasteiger partial charge in [-0.05, 0) is 51.4 Å². The van der Waals surface area contributed by atoms with E-state index in [-0.39, 0.29) is 5.91 Å². The number of primary amides is 1. The summed E-state index contributed by atoms with van der Waals surface area (Å²) < 4.78 is 0. The van der Waals surface area contributed by atoms with Crippen LogP contribution in [0.4, 0.5) is 0 Å². The van der Waals surface area contributed by atoms with Gasteiger partial charge in [0.05, 0.1) is 0 Å². The fourth-order valence-corrected chi connectivity index (χ4v) is 2.30. The van der Waals surface area contributed by atoms with Gasteiger partial charge >= 0.3 is 0 Å². The Bertz CT molecular complexity index is 391. The molecule has 0 bridgehead atoms. The van der Waals surface area contributed by atoms with Crippen LogP contribution in [0.3, 0.4) is 0 Å². The van der Waals surface area contributed by atoms with Crippen LogP contribution in [-0.4, -0.2) is 5.91 Å². The van der Waals surface area contributed by atoms with Gasteiger partial charge in [-0.1, -0.05) is 74.8 Å². The lowest BCUT2D eigenvalue weighted by Crippen LogP contribution is -2.09. The predicted octanol–water partition coefficient (Wildman–Crippen LogP) is 6.40. The minimum Gasteiger partial charge on any atom is -0.370 e. The minimum atomic E-state index is -0.187. The molecule has 2 heteroatoms. The first-order valence-electron chi connectivity index (χ1n) is 9.65. The van der Waals surface area contributed by atoms with Crippen molar-refractivity contribution in [3.05, 3.63) is 48.6 Å². The lowest BCUT2D eigenvalue weighted by Gasteiger charge is -1.95. The molecule has 136 valence electrons. The van der Waals surface area contributed by atoms with Crippen LogP contribution in [0.5, 0.6) is 0 Å². The molecule has 0 fully saturated rings. The monoisotopic (exact) mass is 331 g/mol. The second-order valence-electron chi connectivity index (χ2n) is 6.15. The van der Waals surface area contributed by atoms with Crippen molar-refractivity contribution in [1.29, 1.82) is 0 Å². The van der Waals surface area contributed by atoms with Crippen molar-refractivity contribution < 1.29 is 4.79 Å². The lowest BCUT2D eigenvalue weighted by atomic mass is 10.1. The summed E-state index contributed by atoms with van der Waals surface area (Å²) in [5, 5.41) is 0. The Labute approximate surface area is 149 Å². The molecule has 0 aliphatic carbocycles. The number of hydrogen-bond acceptors (Lipinski definition) is 1. The minimum absolute atomic E-state index is 0.187.